The first-order chi connectivity index (χ1) is 14.2. The maximum atomic E-state index is 13.3. The van der Waals surface area contributed by atoms with Gasteiger partial charge < -0.3 is 14.2 Å². The number of esters is 3. The highest BCUT2D eigenvalue weighted by molar-refractivity contribution is 7.85. The maximum Gasteiger partial charge on any atom is 0.438 e. The van der Waals surface area contributed by atoms with Crippen molar-refractivity contribution in [1.29, 1.82) is 0 Å². The summed E-state index contributed by atoms with van der Waals surface area (Å²) in [6.45, 7) is 2.35. The lowest BCUT2D eigenvalue weighted by molar-refractivity contribution is -0.361. The zero-order valence-electron chi connectivity index (χ0n) is 16.4. The first-order valence-corrected chi connectivity index (χ1v) is 10.6. The van der Waals surface area contributed by atoms with Crippen molar-refractivity contribution in [3.8, 4) is 0 Å². The van der Waals surface area contributed by atoms with Gasteiger partial charge in [-0.3, -0.25) is 18.9 Å². The van der Waals surface area contributed by atoms with Gasteiger partial charge in [0.25, 0.3) is 15.9 Å². The van der Waals surface area contributed by atoms with Crippen LogP contribution in [-0.2, 0) is 38.7 Å². The van der Waals surface area contributed by atoms with Gasteiger partial charge in [0.15, 0.2) is 0 Å². The minimum Gasteiger partial charge on any atom is -0.438 e. The first kappa shape index (κ1) is 26.2. The maximum absolute atomic E-state index is 13.3. The van der Waals surface area contributed by atoms with Gasteiger partial charge in [-0.1, -0.05) is 6.92 Å². The lowest BCUT2D eigenvalue weighted by Crippen LogP contribution is -2.63. The van der Waals surface area contributed by atoms with Gasteiger partial charge in [-0.15, -0.1) is 0 Å². The normalized spacial score (nSPS) is 28.8. The third kappa shape index (κ3) is 4.94. The standard InChI is InChI=1S/C16H18F6O9S/c1-7-9-3-10(13(5-9,29-8(2)23)31-12(7)25)4-11(24)30-14(15(17,18)19,16(20,21)22)6-32(26,27)28/h7,9-10H,3-6H2,1-2H3,(H,26,27,28). The second-order valence-corrected chi connectivity index (χ2v) is 9.19. The van der Waals surface area contributed by atoms with E-state index >= 15 is 0 Å². The van der Waals surface area contributed by atoms with Crippen molar-refractivity contribution in [2.24, 2.45) is 17.8 Å². The number of carbonyl (C=O) groups is 3. The Morgan fingerprint density at radius 2 is 1.72 bits per heavy atom. The van der Waals surface area contributed by atoms with E-state index in [9.17, 15) is 49.1 Å². The number of alkyl halides is 6. The van der Waals surface area contributed by atoms with Crippen molar-refractivity contribution in [3.05, 3.63) is 0 Å². The number of rotatable bonds is 6. The van der Waals surface area contributed by atoms with E-state index in [-0.39, 0.29) is 12.8 Å². The van der Waals surface area contributed by atoms with Crippen LogP contribution >= 0.6 is 0 Å². The van der Waals surface area contributed by atoms with Crippen LogP contribution in [0.3, 0.4) is 0 Å². The summed E-state index contributed by atoms with van der Waals surface area (Å²) in [7, 11) is -5.93. The summed E-state index contributed by atoms with van der Waals surface area (Å²) in [5.41, 5.74) is -5.56. The fourth-order valence-electron chi connectivity index (χ4n) is 3.91. The van der Waals surface area contributed by atoms with Gasteiger partial charge in [0.05, 0.1) is 12.3 Å². The largest absolute Gasteiger partial charge is 0.438 e. The van der Waals surface area contributed by atoms with Crippen LogP contribution in [0.1, 0.15) is 33.1 Å². The molecule has 1 aliphatic heterocycles. The van der Waals surface area contributed by atoms with E-state index in [1.54, 1.807) is 0 Å². The Kier molecular flexibility index (Phi) is 6.57. The molecule has 1 saturated heterocycles. The summed E-state index contributed by atoms with van der Waals surface area (Å²) < 4.78 is 124. The summed E-state index contributed by atoms with van der Waals surface area (Å²) in [5.74, 6) is -11.8. The molecule has 2 fully saturated rings. The van der Waals surface area contributed by atoms with E-state index in [2.05, 4.69) is 4.74 Å². The fourth-order valence-corrected chi connectivity index (χ4v) is 4.81. The van der Waals surface area contributed by atoms with Crippen LogP contribution in [0.4, 0.5) is 26.3 Å². The third-order valence-corrected chi connectivity index (χ3v) is 6.20. The van der Waals surface area contributed by atoms with Crippen molar-refractivity contribution < 1.29 is 67.9 Å². The van der Waals surface area contributed by atoms with Gasteiger partial charge in [-0.25, -0.2) is 0 Å². The second kappa shape index (κ2) is 8.04. The fraction of sp³-hybridized carbons (Fsp3) is 0.812. The molecule has 0 radical (unpaired) electrons. The SMILES string of the molecule is CC(=O)OC12CC(CC1CC(=O)OC(CS(=O)(=O)O)(C(F)(F)F)C(F)(F)F)C(C)C(=O)O2. The van der Waals surface area contributed by atoms with Gasteiger partial charge in [0.1, 0.15) is 5.75 Å². The van der Waals surface area contributed by atoms with Crippen molar-refractivity contribution in [2.75, 3.05) is 5.75 Å². The number of fused-ring (bicyclic) bond motifs is 2. The highest BCUT2D eigenvalue weighted by Crippen LogP contribution is 2.53. The first-order valence-electron chi connectivity index (χ1n) is 8.96. The molecular formula is C16H18F6O9S. The van der Waals surface area contributed by atoms with Crippen LogP contribution in [0.5, 0.6) is 0 Å². The molecule has 0 aromatic rings. The van der Waals surface area contributed by atoms with Crippen LogP contribution in [0.15, 0.2) is 0 Å². The molecule has 9 nitrogen and oxygen atoms in total. The molecule has 1 aliphatic carbocycles. The van der Waals surface area contributed by atoms with E-state index < -0.39 is 81.7 Å². The van der Waals surface area contributed by atoms with Gasteiger partial charge in [0.2, 0.25) is 0 Å². The third-order valence-electron chi connectivity index (χ3n) is 5.43. The predicted molar refractivity (Wildman–Crippen MR) is 87.9 cm³/mol. The number of ether oxygens (including phenoxy) is 3. The number of carbonyl (C=O) groups excluding carboxylic acids is 3. The van der Waals surface area contributed by atoms with Gasteiger partial charge in [-0.2, -0.15) is 34.8 Å². The Balaban J connectivity index is 2.38. The summed E-state index contributed by atoms with van der Waals surface area (Å²) in [6.07, 6.45) is -14.5. The highest BCUT2D eigenvalue weighted by atomic mass is 32.2. The van der Waals surface area contributed by atoms with Crippen molar-refractivity contribution in [1.82, 2.24) is 0 Å². The molecule has 0 spiro atoms. The van der Waals surface area contributed by atoms with Crippen LogP contribution in [0.25, 0.3) is 0 Å². The highest BCUT2D eigenvalue weighted by Gasteiger charge is 2.76. The van der Waals surface area contributed by atoms with Crippen LogP contribution < -0.4 is 0 Å². The number of hydrogen-bond acceptors (Lipinski definition) is 8. The molecule has 1 N–H and O–H groups in total. The molecule has 0 aromatic heterocycles. The minimum atomic E-state index is -6.48. The molecule has 16 heteroatoms. The zero-order chi connectivity index (χ0) is 24.9. The van der Waals surface area contributed by atoms with E-state index in [1.807, 2.05) is 0 Å². The van der Waals surface area contributed by atoms with Gasteiger partial charge in [-0.05, 0) is 12.3 Å². The minimum absolute atomic E-state index is 0.140. The molecule has 2 bridgehead atoms. The molecule has 32 heavy (non-hydrogen) atoms. The number of halogens is 6. The molecule has 0 aromatic carbocycles. The monoisotopic (exact) mass is 500 g/mol. The van der Waals surface area contributed by atoms with Crippen LogP contribution in [0.2, 0.25) is 0 Å². The van der Waals surface area contributed by atoms with Gasteiger partial charge >= 0.3 is 35.9 Å². The van der Waals surface area contributed by atoms with E-state index in [1.165, 1.54) is 6.92 Å². The lowest BCUT2D eigenvalue weighted by Gasteiger charge is -2.38. The van der Waals surface area contributed by atoms with E-state index in [4.69, 9.17) is 14.0 Å². The molecule has 2 aliphatic rings. The van der Waals surface area contributed by atoms with Gasteiger partial charge in [0, 0.05) is 19.3 Å². The lowest BCUT2D eigenvalue weighted by atomic mass is 9.90. The van der Waals surface area contributed by atoms with Crippen molar-refractivity contribution in [2.45, 2.75) is 56.9 Å². The predicted octanol–water partition coefficient (Wildman–Crippen LogP) is 2.15. The summed E-state index contributed by atoms with van der Waals surface area (Å²) >= 11 is 0. The topological polar surface area (TPSA) is 133 Å². The van der Waals surface area contributed by atoms with E-state index in [0.717, 1.165) is 6.92 Å². The molecule has 0 amide bonds. The zero-order valence-corrected chi connectivity index (χ0v) is 17.3. The molecule has 184 valence electrons. The molecule has 4 atom stereocenters. The average molecular weight is 500 g/mol. The Bertz CT molecular complexity index is 883. The smallest absolute Gasteiger partial charge is 0.438 e. The quantitative estimate of drug-likeness (QED) is 0.331. The van der Waals surface area contributed by atoms with Crippen LogP contribution in [0, 0.1) is 17.8 Å². The second-order valence-electron chi connectivity index (χ2n) is 7.74. The molecule has 2 rings (SSSR count). The summed E-state index contributed by atoms with van der Waals surface area (Å²) in [5, 5.41) is 0. The van der Waals surface area contributed by atoms with E-state index in [0.29, 0.717) is 0 Å². The number of hydrogen-bond donors (Lipinski definition) is 1. The Morgan fingerprint density at radius 1 is 1.19 bits per heavy atom. The van der Waals surface area contributed by atoms with Crippen LogP contribution in [-0.4, -0.2) is 60.4 Å². The Hall–Kier alpha value is -2.10. The Morgan fingerprint density at radius 3 is 2.16 bits per heavy atom. The summed E-state index contributed by atoms with van der Waals surface area (Å²) in [6, 6.07) is 0. The van der Waals surface area contributed by atoms with Crippen molar-refractivity contribution in [3.63, 3.8) is 0 Å². The van der Waals surface area contributed by atoms with Crippen molar-refractivity contribution >= 4 is 28.0 Å². The Labute approximate surface area is 177 Å². The molecular weight excluding hydrogens is 482 g/mol. The molecule has 1 heterocycles. The molecule has 4 unspecified atom stereocenters. The summed E-state index contributed by atoms with van der Waals surface area (Å²) in [4.78, 5) is 35.6. The molecule has 1 saturated carbocycles. The average Bonchev–Trinajstić information content (AvgIpc) is 2.82.